The highest BCUT2D eigenvalue weighted by Gasteiger charge is 2.07. The molecule has 0 atom stereocenters. The molecule has 0 saturated heterocycles. The first-order valence-corrected chi connectivity index (χ1v) is 8.57. The van der Waals surface area contributed by atoms with Crippen molar-refractivity contribution >= 4 is 35.0 Å². The molecule has 0 aliphatic rings. The van der Waals surface area contributed by atoms with E-state index >= 15 is 0 Å². The number of thioether (sulfide) groups is 1. The number of aromatic nitrogens is 2. The molecule has 0 unspecified atom stereocenters. The molecule has 0 saturated carbocycles. The van der Waals surface area contributed by atoms with Crippen LogP contribution in [-0.2, 0) is 5.75 Å². The predicted molar refractivity (Wildman–Crippen MR) is 101 cm³/mol. The lowest BCUT2D eigenvalue weighted by Gasteiger charge is -2.06. The zero-order chi connectivity index (χ0) is 17.6. The second kappa shape index (κ2) is 7.67. The van der Waals surface area contributed by atoms with Crippen molar-refractivity contribution in [3.8, 4) is 0 Å². The monoisotopic (exact) mass is 351 g/mol. The van der Waals surface area contributed by atoms with Crippen molar-refractivity contribution in [2.24, 2.45) is 0 Å². The molecule has 0 radical (unpaired) electrons. The Morgan fingerprint density at radius 3 is 2.24 bits per heavy atom. The molecule has 0 aliphatic heterocycles. The second-order valence-electron chi connectivity index (χ2n) is 5.31. The fourth-order valence-electron chi connectivity index (χ4n) is 2.15. The van der Waals surface area contributed by atoms with Crippen LogP contribution in [0.25, 0.3) is 0 Å². The lowest BCUT2D eigenvalue weighted by Crippen LogP contribution is -2.11. The van der Waals surface area contributed by atoms with Crippen molar-refractivity contribution in [3.63, 3.8) is 0 Å². The summed E-state index contributed by atoms with van der Waals surface area (Å²) in [6.45, 7) is 0. The number of benzene rings is 2. The van der Waals surface area contributed by atoms with Crippen LogP contribution in [0.5, 0.6) is 0 Å². The molecule has 5 N–H and O–H groups in total. The van der Waals surface area contributed by atoms with Gasteiger partial charge in [-0.3, -0.25) is 4.79 Å². The molecule has 126 valence electrons. The van der Waals surface area contributed by atoms with E-state index in [9.17, 15) is 4.79 Å². The van der Waals surface area contributed by atoms with E-state index in [4.69, 9.17) is 11.5 Å². The van der Waals surface area contributed by atoms with Crippen LogP contribution in [0.2, 0.25) is 0 Å². The lowest BCUT2D eigenvalue weighted by atomic mass is 10.1. The van der Waals surface area contributed by atoms with Crippen LogP contribution in [0.3, 0.4) is 0 Å². The first kappa shape index (κ1) is 16.8. The largest absolute Gasteiger partial charge is 0.383 e. The number of hydrogen-bond donors (Lipinski definition) is 3. The van der Waals surface area contributed by atoms with Crippen LogP contribution in [0.1, 0.15) is 15.9 Å². The number of rotatable bonds is 5. The van der Waals surface area contributed by atoms with Crippen LogP contribution in [0.15, 0.2) is 65.8 Å². The van der Waals surface area contributed by atoms with Crippen molar-refractivity contribution in [3.05, 3.63) is 71.8 Å². The molecule has 7 heteroatoms. The van der Waals surface area contributed by atoms with Crippen molar-refractivity contribution in [1.29, 1.82) is 0 Å². The number of hydrogen-bond acceptors (Lipinski definition) is 6. The SMILES string of the molecule is Nc1cc(N)nc(SCc2ccc(C(=O)Nc3ccccc3)cc2)n1. The second-order valence-corrected chi connectivity index (χ2v) is 6.25. The number of amides is 1. The van der Waals surface area contributed by atoms with Crippen molar-refractivity contribution in [2.75, 3.05) is 16.8 Å². The summed E-state index contributed by atoms with van der Waals surface area (Å²) in [5.41, 5.74) is 13.7. The first-order chi connectivity index (χ1) is 12.1. The molecule has 0 aliphatic carbocycles. The third-order valence-electron chi connectivity index (χ3n) is 3.36. The normalized spacial score (nSPS) is 10.4. The molecule has 25 heavy (non-hydrogen) atoms. The van der Waals surface area contributed by atoms with Crippen molar-refractivity contribution in [2.45, 2.75) is 10.9 Å². The fourth-order valence-corrected chi connectivity index (χ4v) is 2.98. The van der Waals surface area contributed by atoms with Gasteiger partial charge in [-0.05, 0) is 29.8 Å². The highest BCUT2D eigenvalue weighted by Crippen LogP contribution is 2.21. The third-order valence-corrected chi connectivity index (χ3v) is 4.28. The van der Waals surface area contributed by atoms with E-state index in [1.165, 1.54) is 17.8 Å². The van der Waals surface area contributed by atoms with E-state index in [-0.39, 0.29) is 5.91 Å². The standard InChI is InChI=1S/C18H17N5OS/c19-15-10-16(20)23-18(22-15)25-11-12-6-8-13(9-7-12)17(24)21-14-4-2-1-3-5-14/h1-10H,11H2,(H,21,24)(H4,19,20,22,23). The molecule has 3 aromatic rings. The molecule has 3 rings (SSSR count). The van der Waals surface area contributed by atoms with Gasteiger partial charge in [0, 0.05) is 23.1 Å². The zero-order valence-electron chi connectivity index (χ0n) is 13.3. The third kappa shape index (κ3) is 4.71. The van der Waals surface area contributed by atoms with E-state index in [1.807, 2.05) is 42.5 Å². The Morgan fingerprint density at radius 1 is 0.960 bits per heavy atom. The number of nitrogens with two attached hydrogens (primary N) is 2. The van der Waals surface area contributed by atoms with Crippen LogP contribution in [0.4, 0.5) is 17.3 Å². The summed E-state index contributed by atoms with van der Waals surface area (Å²) in [5.74, 6) is 1.21. The van der Waals surface area contributed by atoms with E-state index in [1.54, 1.807) is 12.1 Å². The number of anilines is 3. The maximum absolute atomic E-state index is 12.2. The van der Waals surface area contributed by atoms with Gasteiger partial charge in [0.2, 0.25) is 0 Å². The minimum absolute atomic E-state index is 0.141. The minimum Gasteiger partial charge on any atom is -0.383 e. The average Bonchev–Trinajstić information content (AvgIpc) is 2.60. The van der Waals surface area contributed by atoms with Gasteiger partial charge in [0.15, 0.2) is 5.16 Å². The fraction of sp³-hybridized carbons (Fsp3) is 0.0556. The summed E-state index contributed by atoms with van der Waals surface area (Å²) in [5, 5.41) is 3.39. The van der Waals surface area contributed by atoms with Crippen molar-refractivity contribution in [1.82, 2.24) is 9.97 Å². The first-order valence-electron chi connectivity index (χ1n) is 7.58. The molecule has 1 amide bonds. The smallest absolute Gasteiger partial charge is 0.255 e. The Morgan fingerprint density at radius 2 is 1.60 bits per heavy atom. The van der Waals surface area contributed by atoms with E-state index < -0.39 is 0 Å². The van der Waals surface area contributed by atoms with Crippen molar-refractivity contribution < 1.29 is 4.79 Å². The van der Waals surface area contributed by atoms with Crippen LogP contribution >= 0.6 is 11.8 Å². The lowest BCUT2D eigenvalue weighted by molar-refractivity contribution is 0.102. The van der Waals surface area contributed by atoms with E-state index in [0.29, 0.717) is 28.1 Å². The van der Waals surface area contributed by atoms with E-state index in [2.05, 4.69) is 15.3 Å². The number of carbonyl (C=O) groups is 1. The quantitative estimate of drug-likeness (QED) is 0.481. The Kier molecular flexibility index (Phi) is 5.15. The summed E-state index contributed by atoms with van der Waals surface area (Å²) in [7, 11) is 0. The Labute approximate surface area is 149 Å². The zero-order valence-corrected chi connectivity index (χ0v) is 14.2. The molecule has 6 nitrogen and oxygen atoms in total. The summed E-state index contributed by atoms with van der Waals surface area (Å²) in [4.78, 5) is 20.5. The molecule has 0 bridgehead atoms. The molecular weight excluding hydrogens is 334 g/mol. The highest BCUT2D eigenvalue weighted by molar-refractivity contribution is 7.98. The Balaban J connectivity index is 1.61. The van der Waals surface area contributed by atoms with Gasteiger partial charge in [0.05, 0.1) is 0 Å². The Hall–Kier alpha value is -3.06. The number of nitrogens with zero attached hydrogens (tertiary/aromatic N) is 2. The van der Waals surface area contributed by atoms with Gasteiger partial charge in [-0.15, -0.1) is 0 Å². The molecule has 2 aromatic carbocycles. The number of para-hydroxylation sites is 1. The van der Waals surface area contributed by atoms with E-state index in [0.717, 1.165) is 11.3 Å². The maximum Gasteiger partial charge on any atom is 0.255 e. The van der Waals surface area contributed by atoms with Gasteiger partial charge in [0.1, 0.15) is 11.6 Å². The summed E-state index contributed by atoms with van der Waals surface area (Å²) >= 11 is 1.44. The average molecular weight is 351 g/mol. The molecule has 0 fully saturated rings. The number of nitrogens with one attached hydrogen (secondary N) is 1. The van der Waals surface area contributed by atoms with Crippen LogP contribution < -0.4 is 16.8 Å². The van der Waals surface area contributed by atoms with Gasteiger partial charge in [0.25, 0.3) is 5.91 Å². The van der Waals surface area contributed by atoms with Gasteiger partial charge in [-0.2, -0.15) is 0 Å². The summed E-state index contributed by atoms with van der Waals surface area (Å²) in [6.07, 6.45) is 0. The van der Waals surface area contributed by atoms with Gasteiger partial charge in [-0.1, -0.05) is 42.1 Å². The van der Waals surface area contributed by atoms with Gasteiger partial charge >= 0.3 is 0 Å². The molecule has 1 aromatic heterocycles. The molecule has 0 spiro atoms. The minimum atomic E-state index is -0.141. The van der Waals surface area contributed by atoms with Crippen LogP contribution in [-0.4, -0.2) is 15.9 Å². The van der Waals surface area contributed by atoms with Crippen LogP contribution in [0, 0.1) is 0 Å². The molecule has 1 heterocycles. The summed E-state index contributed by atoms with van der Waals surface area (Å²) in [6, 6.07) is 18.3. The summed E-state index contributed by atoms with van der Waals surface area (Å²) < 4.78 is 0. The number of carbonyl (C=O) groups excluding carboxylic acids is 1. The van der Waals surface area contributed by atoms with Gasteiger partial charge in [-0.25, -0.2) is 9.97 Å². The Bertz CT molecular complexity index is 848. The topological polar surface area (TPSA) is 107 Å². The highest BCUT2D eigenvalue weighted by atomic mass is 32.2. The maximum atomic E-state index is 12.2. The predicted octanol–water partition coefficient (Wildman–Crippen LogP) is 3.19. The number of nitrogen functional groups attached to an aromatic ring is 2. The van der Waals surface area contributed by atoms with Gasteiger partial charge < -0.3 is 16.8 Å². The molecular formula is C18H17N5OS.